The molecule has 3 heterocycles. The molecule has 1 saturated heterocycles. The van der Waals surface area contributed by atoms with Gasteiger partial charge in [-0.1, -0.05) is 12.1 Å². The number of nitrogens with one attached hydrogen (secondary N) is 1. The number of hydrogen-bond donors (Lipinski definition) is 1. The van der Waals surface area contributed by atoms with Crippen LogP contribution in [0.2, 0.25) is 0 Å². The van der Waals surface area contributed by atoms with E-state index >= 15 is 0 Å². The van der Waals surface area contributed by atoms with E-state index < -0.39 is 0 Å². The van der Waals surface area contributed by atoms with Gasteiger partial charge in [-0.3, -0.25) is 14.7 Å². The average molecular weight is 354 g/mol. The Morgan fingerprint density at radius 2 is 2.08 bits per heavy atom. The summed E-state index contributed by atoms with van der Waals surface area (Å²) in [5.41, 5.74) is 2.65. The van der Waals surface area contributed by atoms with Gasteiger partial charge in [-0.25, -0.2) is 13.9 Å². The number of fused-ring (bicyclic) bond motifs is 1. The van der Waals surface area contributed by atoms with Crippen molar-refractivity contribution in [3.8, 4) is 0 Å². The number of hydrogen-bond acceptors (Lipinski definition) is 3. The monoisotopic (exact) mass is 354 g/mol. The number of H-pyrrole nitrogens is 1. The first-order valence-electron chi connectivity index (χ1n) is 8.64. The Kier molecular flexibility index (Phi) is 4.06. The minimum absolute atomic E-state index is 0.00532. The van der Waals surface area contributed by atoms with Crippen LogP contribution in [-0.4, -0.2) is 31.9 Å². The van der Waals surface area contributed by atoms with Crippen molar-refractivity contribution in [1.82, 2.24) is 19.5 Å². The van der Waals surface area contributed by atoms with E-state index in [0.29, 0.717) is 17.9 Å². The van der Waals surface area contributed by atoms with Gasteiger partial charge in [-0.05, 0) is 37.5 Å². The number of carbonyl (C=O) groups is 1. The Morgan fingerprint density at radius 1 is 1.31 bits per heavy atom. The lowest BCUT2D eigenvalue weighted by atomic mass is 10.1. The first kappa shape index (κ1) is 16.5. The minimum Gasteiger partial charge on any atom is -0.334 e. The molecule has 3 aromatic rings. The smallest absolute Gasteiger partial charge is 0.272 e. The summed E-state index contributed by atoms with van der Waals surface area (Å²) in [6.45, 7) is 2.45. The van der Waals surface area contributed by atoms with Crippen LogP contribution < -0.4 is 5.56 Å². The minimum atomic E-state index is -0.313. The highest BCUT2D eigenvalue weighted by Crippen LogP contribution is 2.31. The summed E-state index contributed by atoms with van der Waals surface area (Å²) in [6, 6.07) is 9.19. The molecule has 4 rings (SSSR count). The molecule has 0 spiro atoms. The highest BCUT2D eigenvalue weighted by Gasteiger charge is 2.31. The van der Waals surface area contributed by atoms with Crippen molar-refractivity contribution in [3.63, 3.8) is 0 Å². The summed E-state index contributed by atoms with van der Waals surface area (Å²) >= 11 is 0. The number of aromatic nitrogens is 3. The lowest BCUT2D eigenvalue weighted by Crippen LogP contribution is -2.32. The quantitative estimate of drug-likeness (QED) is 0.785. The Hall–Kier alpha value is -2.96. The summed E-state index contributed by atoms with van der Waals surface area (Å²) in [5, 5.41) is 3.09. The molecular weight excluding hydrogens is 335 g/mol. The second-order valence-corrected chi connectivity index (χ2v) is 6.69. The fourth-order valence-electron chi connectivity index (χ4n) is 3.57. The van der Waals surface area contributed by atoms with E-state index in [0.717, 1.165) is 24.1 Å². The number of carbonyl (C=O) groups excluding carboxylic acids is 1. The van der Waals surface area contributed by atoms with Gasteiger partial charge in [0.05, 0.1) is 18.2 Å². The van der Waals surface area contributed by atoms with Crippen LogP contribution in [0.25, 0.3) is 5.65 Å². The number of aromatic amines is 1. The number of amides is 1. The van der Waals surface area contributed by atoms with Gasteiger partial charge in [0.1, 0.15) is 5.82 Å². The molecule has 0 unspecified atom stereocenters. The maximum atomic E-state index is 13.0. The summed E-state index contributed by atoms with van der Waals surface area (Å²) in [5.74, 6) is -0.319. The van der Waals surface area contributed by atoms with Crippen molar-refractivity contribution in [2.75, 3.05) is 6.54 Å². The average Bonchev–Trinajstić information content (AvgIpc) is 3.23. The Morgan fingerprint density at radius 3 is 2.85 bits per heavy atom. The second-order valence-electron chi connectivity index (χ2n) is 6.69. The zero-order chi connectivity index (χ0) is 18.3. The van der Waals surface area contributed by atoms with Crippen molar-refractivity contribution >= 4 is 11.6 Å². The Balaban J connectivity index is 1.60. The third-order valence-corrected chi connectivity index (χ3v) is 4.80. The highest BCUT2D eigenvalue weighted by molar-refractivity contribution is 5.79. The van der Waals surface area contributed by atoms with Crippen molar-refractivity contribution in [2.45, 2.75) is 32.2 Å². The van der Waals surface area contributed by atoms with E-state index in [2.05, 4.69) is 10.1 Å². The van der Waals surface area contributed by atoms with Gasteiger partial charge >= 0.3 is 0 Å². The van der Waals surface area contributed by atoms with E-state index in [1.165, 1.54) is 22.7 Å². The van der Waals surface area contributed by atoms with Crippen LogP contribution in [-0.2, 0) is 11.2 Å². The van der Waals surface area contributed by atoms with Gasteiger partial charge < -0.3 is 4.90 Å². The van der Waals surface area contributed by atoms with Gasteiger partial charge in [0.2, 0.25) is 5.91 Å². The Bertz CT molecular complexity index is 1020. The molecule has 0 saturated carbocycles. The van der Waals surface area contributed by atoms with Crippen LogP contribution in [0.3, 0.4) is 0 Å². The summed E-state index contributed by atoms with van der Waals surface area (Å²) in [7, 11) is 0. The highest BCUT2D eigenvalue weighted by atomic mass is 19.1. The van der Waals surface area contributed by atoms with E-state index in [-0.39, 0.29) is 29.7 Å². The molecule has 134 valence electrons. The number of nitrogens with zero attached hydrogens (tertiary/aromatic N) is 3. The van der Waals surface area contributed by atoms with Gasteiger partial charge in [-0.15, -0.1) is 0 Å². The SMILES string of the molecule is Cc1cc(=O)n2[nH]c([C@@H]3CCCN3C(=O)Cc3ccc(F)cc3)cc2n1. The van der Waals surface area contributed by atoms with Crippen LogP contribution in [0.4, 0.5) is 4.39 Å². The second kappa shape index (κ2) is 6.40. The molecule has 0 bridgehead atoms. The fourth-order valence-corrected chi connectivity index (χ4v) is 3.57. The zero-order valence-electron chi connectivity index (χ0n) is 14.4. The van der Waals surface area contributed by atoms with E-state index in [1.54, 1.807) is 19.1 Å². The largest absolute Gasteiger partial charge is 0.334 e. The predicted molar refractivity (Wildman–Crippen MR) is 94.3 cm³/mol. The number of aryl methyl sites for hydroxylation is 1. The standard InChI is InChI=1S/C19H19FN4O2/c1-12-9-19(26)24-17(21-12)11-15(22-24)16-3-2-8-23(16)18(25)10-13-4-6-14(20)7-5-13/h4-7,9,11,16,22H,2-3,8,10H2,1H3/t16-/m0/s1. The van der Waals surface area contributed by atoms with E-state index in [4.69, 9.17) is 0 Å². The van der Waals surface area contributed by atoms with Crippen LogP contribution in [0.1, 0.15) is 35.8 Å². The van der Waals surface area contributed by atoms with Gasteiger partial charge in [0.25, 0.3) is 5.56 Å². The molecule has 1 aliphatic heterocycles. The fraction of sp³-hybridized carbons (Fsp3) is 0.316. The summed E-state index contributed by atoms with van der Waals surface area (Å²) < 4.78 is 14.4. The first-order chi connectivity index (χ1) is 12.5. The number of benzene rings is 1. The number of halogens is 1. The molecule has 2 aromatic heterocycles. The summed E-state index contributed by atoms with van der Waals surface area (Å²) in [6.07, 6.45) is 1.96. The number of rotatable bonds is 3. The van der Waals surface area contributed by atoms with E-state index in [1.807, 2.05) is 11.0 Å². The lowest BCUT2D eigenvalue weighted by Gasteiger charge is -2.24. The lowest BCUT2D eigenvalue weighted by molar-refractivity contribution is -0.131. The molecule has 1 amide bonds. The Labute approximate surface area is 149 Å². The molecule has 0 aliphatic carbocycles. The van der Waals surface area contributed by atoms with E-state index in [9.17, 15) is 14.0 Å². The molecule has 1 N–H and O–H groups in total. The van der Waals surface area contributed by atoms with Crippen molar-refractivity contribution < 1.29 is 9.18 Å². The number of likely N-dealkylation sites (tertiary alicyclic amines) is 1. The summed E-state index contributed by atoms with van der Waals surface area (Å²) in [4.78, 5) is 31.0. The predicted octanol–water partition coefficient (Wildman–Crippen LogP) is 2.38. The van der Waals surface area contributed by atoms with Crippen molar-refractivity contribution in [3.05, 3.63) is 69.5 Å². The molecule has 7 heteroatoms. The van der Waals surface area contributed by atoms with Gasteiger partial charge in [0, 0.05) is 24.4 Å². The van der Waals surface area contributed by atoms with Crippen LogP contribution in [0.15, 0.2) is 41.2 Å². The molecule has 1 atom stereocenters. The molecule has 0 radical (unpaired) electrons. The first-order valence-corrected chi connectivity index (χ1v) is 8.64. The topological polar surface area (TPSA) is 70.5 Å². The zero-order valence-corrected chi connectivity index (χ0v) is 14.4. The molecule has 26 heavy (non-hydrogen) atoms. The normalized spacial score (nSPS) is 17.2. The van der Waals surface area contributed by atoms with Crippen molar-refractivity contribution in [2.24, 2.45) is 0 Å². The molecular formula is C19H19FN4O2. The van der Waals surface area contributed by atoms with Gasteiger partial charge in [0.15, 0.2) is 5.65 Å². The van der Waals surface area contributed by atoms with Gasteiger partial charge in [-0.2, -0.15) is 0 Å². The van der Waals surface area contributed by atoms with Crippen LogP contribution >= 0.6 is 0 Å². The van der Waals surface area contributed by atoms with Crippen LogP contribution in [0, 0.1) is 12.7 Å². The maximum absolute atomic E-state index is 13.0. The van der Waals surface area contributed by atoms with Crippen molar-refractivity contribution in [1.29, 1.82) is 0 Å². The molecule has 1 aliphatic rings. The van der Waals surface area contributed by atoms with Crippen LogP contribution in [0.5, 0.6) is 0 Å². The molecule has 1 aromatic carbocycles. The third-order valence-electron chi connectivity index (χ3n) is 4.80. The maximum Gasteiger partial charge on any atom is 0.272 e. The molecule has 6 nitrogen and oxygen atoms in total. The molecule has 1 fully saturated rings. The third kappa shape index (κ3) is 3.00.